The van der Waals surface area contributed by atoms with Gasteiger partial charge in [-0.2, -0.15) is 4.39 Å². The fourth-order valence-electron chi connectivity index (χ4n) is 1.84. The van der Waals surface area contributed by atoms with E-state index in [1.54, 1.807) is 24.3 Å². The molecular formula is C14H12F2N2O3. The van der Waals surface area contributed by atoms with Crippen LogP contribution in [-0.2, 0) is 6.54 Å². The highest BCUT2D eigenvalue weighted by molar-refractivity contribution is 5.56. The second kappa shape index (κ2) is 6.17. The second-order valence-electron chi connectivity index (χ2n) is 4.21. The molecule has 2 aromatic carbocycles. The first-order chi connectivity index (χ1) is 10.0. The number of nitrogens with one attached hydrogen (secondary N) is 1. The van der Waals surface area contributed by atoms with E-state index in [1.807, 2.05) is 0 Å². The molecule has 0 saturated carbocycles. The van der Waals surface area contributed by atoms with Crippen LogP contribution < -0.4 is 10.1 Å². The molecule has 1 N–H and O–H groups in total. The van der Waals surface area contributed by atoms with E-state index in [2.05, 4.69) is 5.32 Å². The van der Waals surface area contributed by atoms with Crippen LogP contribution in [0.2, 0.25) is 0 Å². The molecule has 0 aromatic heterocycles. The fraction of sp³-hybridized carbons (Fsp3) is 0.143. The van der Waals surface area contributed by atoms with E-state index in [0.29, 0.717) is 17.5 Å². The molecule has 0 aliphatic carbocycles. The quantitative estimate of drug-likeness (QED) is 0.677. The first kappa shape index (κ1) is 14.7. The molecule has 0 unspecified atom stereocenters. The van der Waals surface area contributed by atoms with Crippen molar-refractivity contribution >= 4 is 11.4 Å². The van der Waals surface area contributed by atoms with Crippen molar-refractivity contribution in [1.82, 2.24) is 0 Å². The molecule has 0 saturated heterocycles. The Labute approximate surface area is 119 Å². The molecule has 0 spiro atoms. The van der Waals surface area contributed by atoms with E-state index in [-0.39, 0.29) is 12.1 Å². The highest BCUT2D eigenvalue weighted by Gasteiger charge is 2.18. The number of rotatable bonds is 5. The maximum atomic E-state index is 13.6. The monoisotopic (exact) mass is 294 g/mol. The normalized spacial score (nSPS) is 10.2. The number of para-hydroxylation sites is 2. The van der Waals surface area contributed by atoms with Gasteiger partial charge < -0.3 is 10.1 Å². The first-order valence-corrected chi connectivity index (χ1v) is 6.02. The molecule has 2 rings (SSSR count). The van der Waals surface area contributed by atoms with Crippen molar-refractivity contribution in [3.63, 3.8) is 0 Å². The number of hydrogen-bond donors (Lipinski definition) is 1. The molecule has 110 valence electrons. The standard InChI is InChI=1S/C14H12F2N2O3/c1-21-14-5-3-2-4-12(14)17-8-9-6-13(18(19)20)11(16)7-10(9)15/h2-7,17H,8H2,1H3. The van der Waals surface area contributed by atoms with Crippen molar-refractivity contribution in [2.75, 3.05) is 12.4 Å². The van der Waals surface area contributed by atoms with E-state index >= 15 is 0 Å². The van der Waals surface area contributed by atoms with Gasteiger partial charge in [0, 0.05) is 24.2 Å². The van der Waals surface area contributed by atoms with E-state index in [0.717, 1.165) is 6.07 Å². The molecular weight excluding hydrogens is 282 g/mol. The minimum absolute atomic E-state index is 0.00555. The van der Waals surface area contributed by atoms with Gasteiger partial charge in [0.15, 0.2) is 0 Å². The lowest BCUT2D eigenvalue weighted by Gasteiger charge is -2.11. The Morgan fingerprint density at radius 2 is 1.95 bits per heavy atom. The highest BCUT2D eigenvalue weighted by Crippen LogP contribution is 2.26. The van der Waals surface area contributed by atoms with Gasteiger partial charge in [0.1, 0.15) is 11.6 Å². The van der Waals surface area contributed by atoms with Gasteiger partial charge in [-0.1, -0.05) is 12.1 Å². The number of methoxy groups -OCH3 is 1. The van der Waals surface area contributed by atoms with E-state index in [9.17, 15) is 18.9 Å². The van der Waals surface area contributed by atoms with Crippen molar-refractivity contribution in [2.45, 2.75) is 6.54 Å². The Balaban J connectivity index is 2.24. The molecule has 5 nitrogen and oxygen atoms in total. The van der Waals surface area contributed by atoms with Crippen LogP contribution in [-0.4, -0.2) is 12.0 Å². The summed E-state index contributed by atoms with van der Waals surface area (Å²) in [5.41, 5.74) is -0.159. The predicted octanol–water partition coefficient (Wildman–Crippen LogP) is 3.49. The minimum atomic E-state index is -1.20. The summed E-state index contributed by atoms with van der Waals surface area (Å²) in [5, 5.41) is 13.6. The maximum Gasteiger partial charge on any atom is 0.305 e. The molecule has 0 fully saturated rings. The minimum Gasteiger partial charge on any atom is -0.495 e. The van der Waals surface area contributed by atoms with Crippen molar-refractivity contribution in [3.8, 4) is 5.75 Å². The third kappa shape index (κ3) is 3.25. The zero-order valence-corrected chi connectivity index (χ0v) is 11.1. The van der Waals surface area contributed by atoms with Gasteiger partial charge in [-0.3, -0.25) is 10.1 Å². The molecule has 0 bridgehead atoms. The Morgan fingerprint density at radius 3 is 2.62 bits per heavy atom. The third-order valence-corrected chi connectivity index (χ3v) is 2.89. The SMILES string of the molecule is COc1ccccc1NCc1cc([N+](=O)[O-])c(F)cc1F. The molecule has 2 aromatic rings. The number of hydrogen-bond acceptors (Lipinski definition) is 4. The summed E-state index contributed by atoms with van der Waals surface area (Å²) in [7, 11) is 1.49. The number of ether oxygens (including phenoxy) is 1. The summed E-state index contributed by atoms with van der Waals surface area (Å²) >= 11 is 0. The van der Waals surface area contributed by atoms with E-state index in [4.69, 9.17) is 4.74 Å². The number of nitro groups is 1. The Bertz CT molecular complexity index is 677. The molecule has 0 radical (unpaired) electrons. The predicted molar refractivity (Wildman–Crippen MR) is 73.3 cm³/mol. The lowest BCUT2D eigenvalue weighted by Crippen LogP contribution is -2.05. The zero-order chi connectivity index (χ0) is 15.4. The summed E-state index contributed by atoms with van der Waals surface area (Å²) in [4.78, 5) is 9.78. The highest BCUT2D eigenvalue weighted by atomic mass is 19.1. The fourth-order valence-corrected chi connectivity index (χ4v) is 1.84. The van der Waals surface area contributed by atoms with Crippen LogP contribution in [0.3, 0.4) is 0 Å². The maximum absolute atomic E-state index is 13.6. The lowest BCUT2D eigenvalue weighted by molar-refractivity contribution is -0.387. The largest absolute Gasteiger partial charge is 0.495 e. The summed E-state index contributed by atoms with van der Waals surface area (Å²) < 4.78 is 32.0. The van der Waals surface area contributed by atoms with Gasteiger partial charge in [-0.15, -0.1) is 0 Å². The topological polar surface area (TPSA) is 64.4 Å². The van der Waals surface area contributed by atoms with Crippen molar-refractivity contribution in [1.29, 1.82) is 0 Å². The van der Waals surface area contributed by atoms with Crippen molar-refractivity contribution < 1.29 is 18.4 Å². The number of halogens is 2. The van der Waals surface area contributed by atoms with Crippen molar-refractivity contribution in [3.05, 3.63) is 63.7 Å². The first-order valence-electron chi connectivity index (χ1n) is 6.02. The molecule has 0 atom stereocenters. The average molecular weight is 294 g/mol. The number of benzene rings is 2. The van der Waals surface area contributed by atoms with Gasteiger partial charge >= 0.3 is 5.69 Å². The molecule has 0 heterocycles. The number of nitro benzene ring substituents is 1. The Morgan fingerprint density at radius 1 is 1.24 bits per heavy atom. The Kier molecular flexibility index (Phi) is 4.32. The van der Waals surface area contributed by atoms with Crippen LogP contribution in [0.1, 0.15) is 5.56 Å². The molecule has 7 heteroatoms. The smallest absolute Gasteiger partial charge is 0.305 e. The van der Waals surface area contributed by atoms with E-state index < -0.39 is 22.2 Å². The summed E-state index contributed by atoms with van der Waals surface area (Å²) in [5.74, 6) is -1.49. The van der Waals surface area contributed by atoms with Crippen LogP contribution in [0.4, 0.5) is 20.2 Å². The van der Waals surface area contributed by atoms with Gasteiger partial charge in [0.2, 0.25) is 5.82 Å². The number of nitrogens with zero attached hydrogens (tertiary/aromatic N) is 1. The van der Waals surface area contributed by atoms with Crippen LogP contribution in [0, 0.1) is 21.7 Å². The Hall–Kier alpha value is -2.70. The summed E-state index contributed by atoms with van der Waals surface area (Å²) in [6, 6.07) is 8.35. The molecule has 0 aliphatic heterocycles. The van der Waals surface area contributed by atoms with Gasteiger partial charge in [-0.05, 0) is 12.1 Å². The molecule has 0 aliphatic rings. The summed E-state index contributed by atoms with van der Waals surface area (Å²) in [6.45, 7) is -0.0344. The molecule has 21 heavy (non-hydrogen) atoms. The third-order valence-electron chi connectivity index (χ3n) is 2.89. The number of anilines is 1. The zero-order valence-electron chi connectivity index (χ0n) is 11.1. The molecule has 0 amide bonds. The second-order valence-corrected chi connectivity index (χ2v) is 4.21. The van der Waals surface area contributed by atoms with Gasteiger partial charge in [0.25, 0.3) is 0 Å². The van der Waals surface area contributed by atoms with E-state index in [1.165, 1.54) is 7.11 Å². The summed E-state index contributed by atoms with van der Waals surface area (Å²) in [6.07, 6.45) is 0. The van der Waals surface area contributed by atoms with Crippen molar-refractivity contribution in [2.24, 2.45) is 0 Å². The van der Waals surface area contributed by atoms with Crippen LogP contribution in [0.15, 0.2) is 36.4 Å². The van der Waals surface area contributed by atoms with Gasteiger partial charge in [-0.25, -0.2) is 4.39 Å². The van der Waals surface area contributed by atoms with Gasteiger partial charge in [0.05, 0.1) is 17.7 Å². The average Bonchev–Trinajstić information content (AvgIpc) is 2.46. The lowest BCUT2D eigenvalue weighted by atomic mass is 10.1. The van der Waals surface area contributed by atoms with Crippen LogP contribution in [0.25, 0.3) is 0 Å². The van der Waals surface area contributed by atoms with Crippen LogP contribution in [0.5, 0.6) is 5.75 Å². The van der Waals surface area contributed by atoms with Crippen LogP contribution >= 0.6 is 0 Å².